The minimum Gasteiger partial charge on any atom is -0.309 e. The third-order valence-electron chi connectivity index (χ3n) is 2.22. The number of hydrogen-bond acceptors (Lipinski definition) is 1. The Morgan fingerprint density at radius 1 is 1.38 bits per heavy atom. The van der Waals surface area contributed by atoms with Crippen molar-refractivity contribution in [3.63, 3.8) is 0 Å². The van der Waals surface area contributed by atoms with Crippen molar-refractivity contribution in [3.8, 4) is 0 Å². The minimum absolute atomic E-state index is 0.0715. The van der Waals surface area contributed by atoms with Crippen LogP contribution in [0.3, 0.4) is 0 Å². The second-order valence-corrected chi connectivity index (χ2v) is 3.87. The van der Waals surface area contributed by atoms with Crippen LogP contribution < -0.4 is 5.32 Å². The molecule has 5 heteroatoms. The lowest BCUT2D eigenvalue weighted by Gasteiger charge is -2.17. The summed E-state index contributed by atoms with van der Waals surface area (Å²) in [4.78, 5) is 0. The number of alkyl halides is 2. The van der Waals surface area contributed by atoms with Gasteiger partial charge in [-0.1, -0.05) is 18.5 Å². The fourth-order valence-electron chi connectivity index (χ4n) is 1.45. The molecule has 0 aromatic heterocycles. The second kappa shape index (κ2) is 6.11. The van der Waals surface area contributed by atoms with E-state index in [0.717, 1.165) is 0 Å². The predicted octanol–water partition coefficient (Wildman–Crippen LogP) is 3.26. The monoisotopic (exact) mass is 251 g/mol. The summed E-state index contributed by atoms with van der Waals surface area (Å²) in [6, 6.07) is 2.92. The zero-order valence-corrected chi connectivity index (χ0v) is 9.57. The normalized spacial score (nSPS) is 13.1. The van der Waals surface area contributed by atoms with Crippen LogP contribution in [0.2, 0.25) is 5.02 Å². The van der Waals surface area contributed by atoms with Crippen molar-refractivity contribution in [2.24, 2.45) is 0 Å². The molecule has 1 aromatic carbocycles. The largest absolute Gasteiger partial charge is 0.309 e. The van der Waals surface area contributed by atoms with Crippen molar-refractivity contribution in [2.45, 2.75) is 25.8 Å². The van der Waals surface area contributed by atoms with Crippen LogP contribution in [-0.2, 0) is 6.42 Å². The van der Waals surface area contributed by atoms with E-state index in [1.807, 2.05) is 0 Å². The molecule has 90 valence electrons. The highest BCUT2D eigenvalue weighted by Crippen LogP contribution is 2.18. The Hall–Kier alpha value is -0.740. The standard InChI is InChI=1S/C11H13ClF3N/c1-2-16-10(11(14)15)6-7-5-8(12)3-4-9(7)13/h3-5,10-11,16H,2,6H2,1H3. The molecule has 0 saturated heterocycles. The molecule has 1 nitrogen and oxygen atoms in total. The van der Waals surface area contributed by atoms with Crippen molar-refractivity contribution in [1.29, 1.82) is 0 Å². The first-order chi connectivity index (χ1) is 7.54. The summed E-state index contributed by atoms with van der Waals surface area (Å²) in [7, 11) is 0. The van der Waals surface area contributed by atoms with Crippen molar-refractivity contribution in [3.05, 3.63) is 34.6 Å². The van der Waals surface area contributed by atoms with Gasteiger partial charge in [0.05, 0.1) is 6.04 Å². The van der Waals surface area contributed by atoms with Crippen molar-refractivity contribution in [1.82, 2.24) is 5.32 Å². The number of rotatable bonds is 5. The number of hydrogen-bond donors (Lipinski definition) is 1. The molecule has 0 aliphatic rings. The van der Waals surface area contributed by atoms with Crippen LogP contribution >= 0.6 is 11.6 Å². The second-order valence-electron chi connectivity index (χ2n) is 3.44. The van der Waals surface area contributed by atoms with E-state index < -0.39 is 18.3 Å². The van der Waals surface area contributed by atoms with Crippen LogP contribution in [0.4, 0.5) is 13.2 Å². The highest BCUT2D eigenvalue weighted by Gasteiger charge is 2.20. The Labute approximate surface area is 97.6 Å². The van der Waals surface area contributed by atoms with Crippen molar-refractivity contribution >= 4 is 11.6 Å². The summed E-state index contributed by atoms with van der Waals surface area (Å²) >= 11 is 5.68. The molecule has 0 spiro atoms. The predicted molar refractivity (Wildman–Crippen MR) is 58.6 cm³/mol. The van der Waals surface area contributed by atoms with Crippen LogP contribution in [0.15, 0.2) is 18.2 Å². The number of nitrogens with one attached hydrogen (secondary N) is 1. The first-order valence-electron chi connectivity index (χ1n) is 5.00. The molecule has 0 saturated carbocycles. The van der Waals surface area contributed by atoms with Crippen molar-refractivity contribution in [2.75, 3.05) is 6.54 Å². The van der Waals surface area contributed by atoms with Gasteiger partial charge < -0.3 is 5.32 Å². The maximum absolute atomic E-state index is 13.3. The van der Waals surface area contributed by atoms with Gasteiger partial charge in [0.25, 0.3) is 6.43 Å². The van der Waals surface area contributed by atoms with E-state index >= 15 is 0 Å². The van der Waals surface area contributed by atoms with Gasteiger partial charge in [-0.2, -0.15) is 0 Å². The zero-order chi connectivity index (χ0) is 12.1. The first kappa shape index (κ1) is 13.3. The number of halogens is 4. The number of benzene rings is 1. The van der Waals surface area contributed by atoms with Gasteiger partial charge in [0, 0.05) is 5.02 Å². The fraction of sp³-hybridized carbons (Fsp3) is 0.455. The summed E-state index contributed by atoms with van der Waals surface area (Å²) in [5.74, 6) is -0.507. The average molecular weight is 252 g/mol. The SMILES string of the molecule is CCNC(Cc1cc(Cl)ccc1F)C(F)F. The van der Waals surface area contributed by atoms with E-state index in [1.54, 1.807) is 6.92 Å². The highest BCUT2D eigenvalue weighted by atomic mass is 35.5. The van der Waals surface area contributed by atoms with Crippen LogP contribution in [0.1, 0.15) is 12.5 Å². The van der Waals surface area contributed by atoms with Gasteiger partial charge in [-0.05, 0) is 36.7 Å². The Morgan fingerprint density at radius 3 is 2.62 bits per heavy atom. The third-order valence-corrected chi connectivity index (χ3v) is 2.45. The molecule has 1 aromatic rings. The van der Waals surface area contributed by atoms with Gasteiger partial charge in [-0.3, -0.25) is 0 Å². The Balaban J connectivity index is 2.80. The fourth-order valence-corrected chi connectivity index (χ4v) is 1.64. The zero-order valence-electron chi connectivity index (χ0n) is 8.81. The molecule has 0 bridgehead atoms. The molecular weight excluding hydrogens is 239 g/mol. The quantitative estimate of drug-likeness (QED) is 0.847. The number of likely N-dealkylation sites (N-methyl/N-ethyl adjacent to an activating group) is 1. The summed E-state index contributed by atoms with van der Waals surface area (Å²) in [5.41, 5.74) is 0.207. The maximum atomic E-state index is 13.3. The van der Waals surface area contributed by atoms with E-state index in [9.17, 15) is 13.2 Å². The van der Waals surface area contributed by atoms with Crippen LogP contribution in [0.5, 0.6) is 0 Å². The van der Waals surface area contributed by atoms with E-state index in [1.165, 1.54) is 18.2 Å². The smallest absolute Gasteiger partial charge is 0.254 e. The van der Waals surface area contributed by atoms with Crippen LogP contribution in [0, 0.1) is 5.82 Å². The van der Waals surface area contributed by atoms with E-state index in [2.05, 4.69) is 5.32 Å². The maximum Gasteiger partial charge on any atom is 0.254 e. The van der Waals surface area contributed by atoms with E-state index in [-0.39, 0.29) is 12.0 Å². The van der Waals surface area contributed by atoms with Gasteiger partial charge in [-0.15, -0.1) is 0 Å². The van der Waals surface area contributed by atoms with Gasteiger partial charge >= 0.3 is 0 Å². The molecule has 0 aliphatic carbocycles. The molecule has 1 atom stereocenters. The Morgan fingerprint density at radius 2 is 2.06 bits per heavy atom. The van der Waals surface area contributed by atoms with Crippen LogP contribution in [0.25, 0.3) is 0 Å². The van der Waals surface area contributed by atoms with Crippen molar-refractivity contribution < 1.29 is 13.2 Å². The minimum atomic E-state index is -2.53. The molecule has 1 N–H and O–H groups in total. The summed E-state index contributed by atoms with van der Waals surface area (Å²) in [6.07, 6.45) is -2.60. The molecule has 0 radical (unpaired) electrons. The summed E-state index contributed by atoms with van der Waals surface area (Å²) in [6.45, 7) is 2.14. The Bertz CT molecular complexity index is 344. The lowest BCUT2D eigenvalue weighted by molar-refractivity contribution is 0.0987. The molecule has 1 unspecified atom stereocenters. The van der Waals surface area contributed by atoms with E-state index in [4.69, 9.17) is 11.6 Å². The Kier molecular flexibility index (Phi) is 5.09. The summed E-state index contributed by atoms with van der Waals surface area (Å²) in [5, 5.41) is 2.97. The van der Waals surface area contributed by atoms with Gasteiger partial charge in [0.2, 0.25) is 0 Å². The molecular formula is C11H13ClF3N. The van der Waals surface area contributed by atoms with Gasteiger partial charge in [0.15, 0.2) is 0 Å². The molecule has 16 heavy (non-hydrogen) atoms. The topological polar surface area (TPSA) is 12.0 Å². The van der Waals surface area contributed by atoms with Gasteiger partial charge in [-0.25, -0.2) is 13.2 Å². The molecule has 0 heterocycles. The summed E-state index contributed by atoms with van der Waals surface area (Å²) < 4.78 is 38.5. The third kappa shape index (κ3) is 3.68. The molecule has 0 amide bonds. The molecule has 0 fully saturated rings. The lowest BCUT2D eigenvalue weighted by Crippen LogP contribution is -2.37. The highest BCUT2D eigenvalue weighted by molar-refractivity contribution is 6.30. The molecule has 1 rings (SSSR count). The van der Waals surface area contributed by atoms with Gasteiger partial charge in [0.1, 0.15) is 5.82 Å². The first-order valence-corrected chi connectivity index (χ1v) is 5.37. The molecule has 0 aliphatic heterocycles. The average Bonchev–Trinajstić information content (AvgIpc) is 2.22. The van der Waals surface area contributed by atoms with Crippen LogP contribution in [-0.4, -0.2) is 19.0 Å². The van der Waals surface area contributed by atoms with E-state index in [0.29, 0.717) is 11.6 Å². The lowest BCUT2D eigenvalue weighted by atomic mass is 10.1.